The standard InChI is InChI=1S/C17H22ClN5O4S/c1-12-4-5-14(9-15(12)28(26,27)21-7-3-2-6-19)22-16(24)11-23-17(25)8-13(18)10-20-23/h4-5,8-10,21H,2-3,6-7,11,19H2,1H3,(H,22,24). The van der Waals surface area contributed by atoms with Crippen LogP contribution in [-0.4, -0.2) is 37.2 Å². The van der Waals surface area contributed by atoms with Gasteiger partial charge in [0.1, 0.15) is 6.54 Å². The molecule has 0 saturated heterocycles. The highest BCUT2D eigenvalue weighted by molar-refractivity contribution is 7.89. The van der Waals surface area contributed by atoms with Crippen LogP contribution in [0.1, 0.15) is 18.4 Å². The fourth-order valence-corrected chi connectivity index (χ4v) is 3.87. The minimum atomic E-state index is -3.72. The van der Waals surface area contributed by atoms with Crippen molar-refractivity contribution in [3.8, 4) is 0 Å². The molecule has 1 aromatic carbocycles. The Morgan fingerprint density at radius 1 is 1.29 bits per heavy atom. The van der Waals surface area contributed by atoms with Crippen LogP contribution in [0.4, 0.5) is 5.69 Å². The minimum absolute atomic E-state index is 0.0693. The van der Waals surface area contributed by atoms with E-state index in [2.05, 4.69) is 15.1 Å². The van der Waals surface area contributed by atoms with Gasteiger partial charge in [0.25, 0.3) is 5.56 Å². The van der Waals surface area contributed by atoms with Gasteiger partial charge in [0.05, 0.1) is 16.1 Å². The number of unbranched alkanes of at least 4 members (excludes halogenated alkanes) is 1. The highest BCUT2D eigenvalue weighted by Gasteiger charge is 2.17. The fourth-order valence-electron chi connectivity index (χ4n) is 2.39. The number of hydrogen-bond acceptors (Lipinski definition) is 6. The highest BCUT2D eigenvalue weighted by Crippen LogP contribution is 2.20. The van der Waals surface area contributed by atoms with Crippen molar-refractivity contribution in [1.82, 2.24) is 14.5 Å². The number of sulfonamides is 1. The molecule has 0 bridgehead atoms. The first-order valence-corrected chi connectivity index (χ1v) is 10.4. The zero-order valence-corrected chi connectivity index (χ0v) is 16.9. The number of carbonyl (C=O) groups excluding carboxylic acids is 1. The predicted octanol–water partition coefficient (Wildman–Crippen LogP) is 0.861. The lowest BCUT2D eigenvalue weighted by Crippen LogP contribution is -2.29. The molecule has 2 rings (SSSR count). The van der Waals surface area contributed by atoms with Gasteiger partial charge < -0.3 is 11.1 Å². The van der Waals surface area contributed by atoms with Gasteiger partial charge in [-0.1, -0.05) is 17.7 Å². The quantitative estimate of drug-likeness (QED) is 0.508. The molecule has 11 heteroatoms. The Kier molecular flexibility index (Phi) is 7.69. The number of nitrogens with two attached hydrogens (primary N) is 1. The van der Waals surface area contributed by atoms with Crippen LogP contribution in [-0.2, 0) is 21.4 Å². The summed E-state index contributed by atoms with van der Waals surface area (Å²) in [5, 5.41) is 6.52. The Labute approximate surface area is 167 Å². The van der Waals surface area contributed by atoms with E-state index in [1.807, 2.05) is 0 Å². The van der Waals surface area contributed by atoms with Crippen LogP contribution in [0.3, 0.4) is 0 Å². The molecular weight excluding hydrogens is 406 g/mol. The van der Waals surface area contributed by atoms with Crippen LogP contribution < -0.4 is 21.3 Å². The van der Waals surface area contributed by atoms with Gasteiger partial charge in [0.2, 0.25) is 15.9 Å². The van der Waals surface area contributed by atoms with Crippen LogP contribution >= 0.6 is 11.6 Å². The molecule has 1 amide bonds. The third-order valence-corrected chi connectivity index (χ3v) is 5.62. The number of nitrogens with one attached hydrogen (secondary N) is 2. The molecule has 1 heterocycles. The van der Waals surface area contributed by atoms with E-state index in [1.165, 1.54) is 12.3 Å². The molecule has 0 spiro atoms. The summed E-state index contributed by atoms with van der Waals surface area (Å²) in [5.41, 5.74) is 5.72. The summed E-state index contributed by atoms with van der Waals surface area (Å²) in [7, 11) is -3.72. The van der Waals surface area contributed by atoms with Crippen molar-refractivity contribution in [3.63, 3.8) is 0 Å². The van der Waals surface area contributed by atoms with Gasteiger partial charge in [-0.2, -0.15) is 5.10 Å². The zero-order valence-electron chi connectivity index (χ0n) is 15.3. The molecule has 9 nitrogen and oxygen atoms in total. The molecule has 0 unspecified atom stereocenters. The Hall–Kier alpha value is -2.27. The Balaban J connectivity index is 2.11. The molecule has 0 aliphatic rings. The summed E-state index contributed by atoms with van der Waals surface area (Å²) < 4.78 is 28.5. The molecule has 0 aliphatic heterocycles. The van der Waals surface area contributed by atoms with Gasteiger partial charge in [-0.15, -0.1) is 0 Å². The Morgan fingerprint density at radius 3 is 2.71 bits per heavy atom. The number of nitrogens with zero attached hydrogens (tertiary/aromatic N) is 2. The number of rotatable bonds is 9. The van der Waals surface area contributed by atoms with Crippen LogP contribution in [0.5, 0.6) is 0 Å². The summed E-state index contributed by atoms with van der Waals surface area (Å²) in [6, 6.07) is 5.70. The summed E-state index contributed by atoms with van der Waals surface area (Å²) in [4.78, 5) is 24.0. The summed E-state index contributed by atoms with van der Waals surface area (Å²) >= 11 is 5.67. The number of aromatic nitrogens is 2. The van der Waals surface area contributed by atoms with E-state index in [4.69, 9.17) is 17.3 Å². The first-order valence-electron chi connectivity index (χ1n) is 8.56. The van der Waals surface area contributed by atoms with Crippen molar-refractivity contribution in [2.45, 2.75) is 31.2 Å². The van der Waals surface area contributed by atoms with Crippen molar-refractivity contribution in [2.75, 3.05) is 18.4 Å². The first-order chi connectivity index (χ1) is 13.2. The lowest BCUT2D eigenvalue weighted by molar-refractivity contribution is -0.117. The summed E-state index contributed by atoms with van der Waals surface area (Å²) in [6.45, 7) is 2.11. The molecule has 0 atom stereocenters. The largest absolute Gasteiger partial charge is 0.330 e. The maximum Gasteiger partial charge on any atom is 0.268 e. The van der Waals surface area contributed by atoms with Crippen LogP contribution in [0.25, 0.3) is 0 Å². The minimum Gasteiger partial charge on any atom is -0.330 e. The van der Waals surface area contributed by atoms with Crippen molar-refractivity contribution in [1.29, 1.82) is 0 Å². The van der Waals surface area contributed by atoms with E-state index in [1.54, 1.807) is 19.1 Å². The molecule has 0 aliphatic carbocycles. The SMILES string of the molecule is Cc1ccc(NC(=O)Cn2ncc(Cl)cc2=O)cc1S(=O)(=O)NCCCCN. The number of carbonyl (C=O) groups is 1. The molecule has 2 aromatic rings. The smallest absolute Gasteiger partial charge is 0.268 e. The van der Waals surface area contributed by atoms with E-state index >= 15 is 0 Å². The van der Waals surface area contributed by atoms with Crippen LogP contribution in [0.2, 0.25) is 5.02 Å². The predicted molar refractivity (Wildman–Crippen MR) is 107 cm³/mol. The van der Waals surface area contributed by atoms with Crippen molar-refractivity contribution in [3.05, 3.63) is 51.4 Å². The van der Waals surface area contributed by atoms with Gasteiger partial charge in [-0.05, 0) is 44.0 Å². The maximum atomic E-state index is 12.5. The van der Waals surface area contributed by atoms with Crippen molar-refractivity contribution >= 4 is 33.2 Å². The number of benzene rings is 1. The van der Waals surface area contributed by atoms with E-state index in [0.717, 1.165) is 17.2 Å². The average molecular weight is 428 g/mol. The monoisotopic (exact) mass is 427 g/mol. The fraction of sp³-hybridized carbons (Fsp3) is 0.353. The van der Waals surface area contributed by atoms with Gasteiger partial charge >= 0.3 is 0 Å². The normalized spacial score (nSPS) is 11.4. The van der Waals surface area contributed by atoms with E-state index in [9.17, 15) is 18.0 Å². The number of anilines is 1. The van der Waals surface area contributed by atoms with E-state index < -0.39 is 21.5 Å². The topological polar surface area (TPSA) is 136 Å². The third-order valence-electron chi connectivity index (χ3n) is 3.81. The average Bonchev–Trinajstić information content (AvgIpc) is 2.62. The third kappa shape index (κ3) is 6.13. The molecule has 0 saturated carbocycles. The Morgan fingerprint density at radius 2 is 2.04 bits per heavy atom. The van der Waals surface area contributed by atoms with E-state index in [-0.39, 0.29) is 23.0 Å². The second-order valence-electron chi connectivity index (χ2n) is 6.09. The maximum absolute atomic E-state index is 12.5. The van der Waals surface area contributed by atoms with Gasteiger partial charge in [-0.3, -0.25) is 9.59 Å². The lowest BCUT2D eigenvalue weighted by atomic mass is 10.2. The highest BCUT2D eigenvalue weighted by atomic mass is 35.5. The Bertz CT molecular complexity index is 1010. The van der Waals surface area contributed by atoms with Crippen molar-refractivity contribution < 1.29 is 13.2 Å². The van der Waals surface area contributed by atoms with Gasteiger partial charge in [0, 0.05) is 18.3 Å². The van der Waals surface area contributed by atoms with Crippen LogP contribution in [0, 0.1) is 6.92 Å². The van der Waals surface area contributed by atoms with E-state index in [0.29, 0.717) is 24.2 Å². The second-order valence-corrected chi connectivity index (χ2v) is 8.26. The summed E-state index contributed by atoms with van der Waals surface area (Å²) in [5.74, 6) is -0.528. The molecule has 152 valence electrons. The van der Waals surface area contributed by atoms with Crippen LogP contribution in [0.15, 0.2) is 40.2 Å². The summed E-state index contributed by atoms with van der Waals surface area (Å²) in [6.07, 6.45) is 2.60. The molecule has 0 radical (unpaired) electrons. The molecule has 28 heavy (non-hydrogen) atoms. The number of halogens is 1. The van der Waals surface area contributed by atoms with Crippen molar-refractivity contribution in [2.24, 2.45) is 5.73 Å². The van der Waals surface area contributed by atoms with Gasteiger partial charge in [0.15, 0.2) is 0 Å². The molecule has 0 fully saturated rings. The number of aryl methyl sites for hydroxylation is 1. The lowest BCUT2D eigenvalue weighted by Gasteiger charge is -2.12. The van der Waals surface area contributed by atoms with Gasteiger partial charge in [-0.25, -0.2) is 17.8 Å². The zero-order chi connectivity index (χ0) is 20.7. The molecular formula is C17H22ClN5O4S. The first kappa shape index (κ1) is 22.0. The number of amides is 1. The number of hydrogen-bond donors (Lipinski definition) is 3. The molecule has 1 aromatic heterocycles. The second kappa shape index (κ2) is 9.78. The molecule has 4 N–H and O–H groups in total.